The van der Waals surface area contributed by atoms with Gasteiger partial charge >= 0.3 is 6.18 Å². The third-order valence-electron chi connectivity index (χ3n) is 3.57. The molecule has 0 aromatic heterocycles. The molecule has 120 valence electrons. The van der Waals surface area contributed by atoms with E-state index >= 15 is 0 Å². The molecule has 0 aliphatic carbocycles. The molecule has 0 saturated heterocycles. The number of carbonyl (C=O) groups is 1. The molecular formula is C17H14F3NOS. The van der Waals surface area contributed by atoms with Crippen molar-refractivity contribution in [3.05, 3.63) is 48.0 Å². The van der Waals surface area contributed by atoms with Crippen LogP contribution >= 0.6 is 11.8 Å². The maximum absolute atomic E-state index is 13.0. The van der Waals surface area contributed by atoms with Crippen LogP contribution in [0.15, 0.2) is 52.3 Å². The van der Waals surface area contributed by atoms with Gasteiger partial charge in [0.25, 0.3) is 0 Å². The highest BCUT2D eigenvalue weighted by atomic mass is 32.2. The van der Waals surface area contributed by atoms with Crippen molar-refractivity contribution < 1.29 is 18.0 Å². The molecule has 3 rings (SSSR count). The van der Waals surface area contributed by atoms with Gasteiger partial charge in [0.05, 0.1) is 16.9 Å². The molecule has 0 N–H and O–H groups in total. The van der Waals surface area contributed by atoms with E-state index in [1.54, 1.807) is 12.1 Å². The molecule has 2 aromatic rings. The van der Waals surface area contributed by atoms with Crippen LogP contribution < -0.4 is 4.90 Å². The van der Waals surface area contributed by atoms with E-state index in [0.717, 1.165) is 17.0 Å². The van der Waals surface area contributed by atoms with Crippen molar-refractivity contribution >= 4 is 29.0 Å². The van der Waals surface area contributed by atoms with Crippen molar-refractivity contribution in [2.45, 2.75) is 35.7 Å². The van der Waals surface area contributed by atoms with E-state index in [2.05, 4.69) is 0 Å². The Kier molecular flexibility index (Phi) is 4.10. The second kappa shape index (κ2) is 5.92. The van der Waals surface area contributed by atoms with Gasteiger partial charge in [-0.05, 0) is 36.8 Å². The van der Waals surface area contributed by atoms with E-state index in [-0.39, 0.29) is 12.3 Å². The van der Waals surface area contributed by atoms with Crippen molar-refractivity contribution in [3.8, 4) is 0 Å². The summed E-state index contributed by atoms with van der Waals surface area (Å²) in [6, 6.07) is 10.8. The summed E-state index contributed by atoms with van der Waals surface area (Å²) < 4.78 is 39.1. The first-order chi connectivity index (χ1) is 10.9. The second-order valence-electron chi connectivity index (χ2n) is 5.23. The molecule has 1 aliphatic heterocycles. The molecule has 0 saturated carbocycles. The number of alkyl halides is 3. The van der Waals surface area contributed by atoms with Gasteiger partial charge in [-0.15, -0.1) is 0 Å². The third kappa shape index (κ3) is 2.95. The summed E-state index contributed by atoms with van der Waals surface area (Å²) in [6.45, 7) is 1.87. The number of para-hydroxylation sites is 1. The molecule has 2 nitrogen and oxygen atoms in total. The molecule has 0 fully saturated rings. The number of rotatable bonds is 2. The Bertz CT molecular complexity index is 758. The van der Waals surface area contributed by atoms with E-state index in [4.69, 9.17) is 0 Å². The highest BCUT2D eigenvalue weighted by molar-refractivity contribution is 7.99. The smallest absolute Gasteiger partial charge is 0.279 e. The van der Waals surface area contributed by atoms with E-state index in [1.165, 1.54) is 22.7 Å². The molecule has 6 heteroatoms. The number of carbonyl (C=O) groups excluding carboxylic acids is 1. The third-order valence-corrected chi connectivity index (χ3v) is 4.70. The van der Waals surface area contributed by atoms with Crippen molar-refractivity contribution in [3.63, 3.8) is 0 Å². The van der Waals surface area contributed by atoms with E-state index in [9.17, 15) is 18.0 Å². The van der Waals surface area contributed by atoms with Crippen LogP contribution in [0.2, 0.25) is 0 Å². The fraction of sp³-hybridized carbons (Fsp3) is 0.235. The maximum atomic E-state index is 13.0. The van der Waals surface area contributed by atoms with Gasteiger partial charge in [-0.3, -0.25) is 9.69 Å². The summed E-state index contributed by atoms with van der Waals surface area (Å²) in [6.07, 6.45) is -3.51. The number of benzene rings is 2. The molecule has 0 unspecified atom stereocenters. The number of hydrogen-bond donors (Lipinski definition) is 0. The molecule has 0 atom stereocenters. The van der Waals surface area contributed by atoms with Gasteiger partial charge in [0.15, 0.2) is 0 Å². The van der Waals surface area contributed by atoms with Gasteiger partial charge in [0.1, 0.15) is 0 Å². The van der Waals surface area contributed by atoms with Crippen LogP contribution in [0.1, 0.15) is 25.3 Å². The Morgan fingerprint density at radius 2 is 1.78 bits per heavy atom. The molecule has 0 radical (unpaired) electrons. The number of nitrogens with zero attached hydrogens (tertiary/aromatic N) is 1. The summed E-state index contributed by atoms with van der Waals surface area (Å²) >= 11 is 1.38. The van der Waals surface area contributed by atoms with E-state index in [1.807, 2.05) is 19.1 Å². The number of fused-ring (bicyclic) bond motifs is 2. The lowest BCUT2D eigenvalue weighted by atomic mass is 10.1. The summed E-state index contributed by atoms with van der Waals surface area (Å²) in [4.78, 5) is 15.5. The first-order valence-electron chi connectivity index (χ1n) is 7.23. The van der Waals surface area contributed by atoms with Crippen molar-refractivity contribution in [2.24, 2.45) is 0 Å². The Labute approximate surface area is 136 Å². The molecule has 1 aliphatic rings. The standard InChI is InChI=1S/C17H14F3NOS/c1-2-5-16(22)21-12-6-3-4-7-14(12)23-15-9-8-11(10-13(15)21)17(18,19)20/h3-4,6-10H,2,5H2,1H3. The van der Waals surface area contributed by atoms with Crippen LogP contribution in [-0.2, 0) is 11.0 Å². The first-order valence-corrected chi connectivity index (χ1v) is 8.04. The van der Waals surface area contributed by atoms with Crippen LogP contribution in [0, 0.1) is 0 Å². The molecule has 0 spiro atoms. The number of anilines is 2. The van der Waals surface area contributed by atoms with Crippen LogP contribution in [-0.4, -0.2) is 5.91 Å². The summed E-state index contributed by atoms with van der Waals surface area (Å²) in [5, 5.41) is 0. The van der Waals surface area contributed by atoms with Crippen molar-refractivity contribution in [1.29, 1.82) is 0 Å². The fourth-order valence-corrected chi connectivity index (χ4v) is 3.56. The molecule has 2 aromatic carbocycles. The lowest BCUT2D eigenvalue weighted by molar-refractivity contribution is -0.137. The quantitative estimate of drug-likeness (QED) is 0.707. The van der Waals surface area contributed by atoms with Crippen LogP contribution in [0.5, 0.6) is 0 Å². The summed E-state index contributed by atoms with van der Waals surface area (Å²) in [5.74, 6) is -0.194. The van der Waals surface area contributed by atoms with Gasteiger partial charge in [0.2, 0.25) is 5.91 Å². The van der Waals surface area contributed by atoms with Crippen LogP contribution in [0.4, 0.5) is 24.5 Å². The summed E-state index contributed by atoms with van der Waals surface area (Å²) in [5.41, 5.74) is 0.204. The SMILES string of the molecule is CCCC(=O)N1c2ccccc2Sc2ccc(C(F)(F)F)cc21. The zero-order chi connectivity index (χ0) is 16.6. The zero-order valence-corrected chi connectivity index (χ0v) is 13.2. The highest BCUT2D eigenvalue weighted by Crippen LogP contribution is 2.49. The summed E-state index contributed by atoms with van der Waals surface area (Å²) in [7, 11) is 0. The van der Waals surface area contributed by atoms with Gasteiger partial charge in [-0.1, -0.05) is 30.8 Å². The topological polar surface area (TPSA) is 20.3 Å². The lowest BCUT2D eigenvalue weighted by Gasteiger charge is -2.31. The largest absolute Gasteiger partial charge is 0.416 e. The predicted molar refractivity (Wildman–Crippen MR) is 84.1 cm³/mol. The minimum atomic E-state index is -4.43. The minimum Gasteiger partial charge on any atom is -0.279 e. The molecule has 1 amide bonds. The predicted octanol–water partition coefficient (Wildman–Crippen LogP) is 5.63. The van der Waals surface area contributed by atoms with Gasteiger partial charge in [-0.2, -0.15) is 13.2 Å². The number of hydrogen-bond acceptors (Lipinski definition) is 2. The Hall–Kier alpha value is -1.95. The highest BCUT2D eigenvalue weighted by Gasteiger charge is 2.34. The van der Waals surface area contributed by atoms with Crippen LogP contribution in [0.25, 0.3) is 0 Å². The maximum Gasteiger partial charge on any atom is 0.416 e. The minimum absolute atomic E-state index is 0.194. The van der Waals surface area contributed by atoms with Gasteiger partial charge < -0.3 is 0 Å². The van der Waals surface area contributed by atoms with E-state index < -0.39 is 11.7 Å². The fourth-order valence-electron chi connectivity index (χ4n) is 2.53. The second-order valence-corrected chi connectivity index (χ2v) is 6.31. The number of amides is 1. The van der Waals surface area contributed by atoms with Crippen molar-refractivity contribution in [2.75, 3.05) is 4.90 Å². The zero-order valence-electron chi connectivity index (χ0n) is 12.4. The average molecular weight is 337 g/mol. The normalized spacial score (nSPS) is 13.5. The van der Waals surface area contributed by atoms with Crippen molar-refractivity contribution in [1.82, 2.24) is 0 Å². The Balaban J connectivity index is 2.16. The molecule has 1 heterocycles. The number of halogens is 3. The molecule has 0 bridgehead atoms. The Morgan fingerprint density at radius 3 is 2.48 bits per heavy atom. The van der Waals surface area contributed by atoms with Crippen LogP contribution in [0.3, 0.4) is 0 Å². The lowest BCUT2D eigenvalue weighted by Crippen LogP contribution is -2.28. The monoisotopic (exact) mass is 337 g/mol. The molecular weight excluding hydrogens is 323 g/mol. The van der Waals surface area contributed by atoms with E-state index in [0.29, 0.717) is 22.7 Å². The Morgan fingerprint density at radius 1 is 1.09 bits per heavy atom. The molecule has 23 heavy (non-hydrogen) atoms. The van der Waals surface area contributed by atoms with Gasteiger partial charge in [-0.25, -0.2) is 0 Å². The first kappa shape index (κ1) is 15.9. The van der Waals surface area contributed by atoms with Gasteiger partial charge in [0, 0.05) is 16.2 Å². The average Bonchev–Trinajstić information content (AvgIpc) is 2.51.